The summed E-state index contributed by atoms with van der Waals surface area (Å²) in [6, 6.07) is 6.42. The van der Waals surface area contributed by atoms with Crippen LogP contribution in [0, 0.1) is 5.92 Å². The summed E-state index contributed by atoms with van der Waals surface area (Å²) in [6.45, 7) is 11.1. The summed E-state index contributed by atoms with van der Waals surface area (Å²) in [6.07, 6.45) is 8.35. The zero-order chi connectivity index (χ0) is 26.6. The highest BCUT2D eigenvalue weighted by atomic mass is 16.3. The van der Waals surface area contributed by atoms with E-state index in [1.807, 2.05) is 12.3 Å². The summed E-state index contributed by atoms with van der Waals surface area (Å²) in [5.74, 6) is 3.95. The maximum Gasteiger partial charge on any atom is 0.161 e. The number of nitrogens with two attached hydrogens (primary N) is 1. The lowest BCUT2D eigenvalue weighted by molar-refractivity contribution is 0.271. The van der Waals surface area contributed by atoms with E-state index in [0.717, 1.165) is 73.5 Å². The molecule has 3 heterocycles. The molecule has 2 aromatic rings. The van der Waals surface area contributed by atoms with Crippen molar-refractivity contribution in [1.29, 1.82) is 0 Å². The predicted molar refractivity (Wildman–Crippen MR) is 154 cm³/mol. The SMILES string of the molecule is CC/C(=C/N)c1nc(NCc2ccc(N(C)CC3CCNCC3)nc2)cc(N(CC)C(CC)CCO)n1. The minimum atomic E-state index is 0.150. The van der Waals surface area contributed by atoms with Crippen LogP contribution in [0.3, 0.4) is 0 Å². The topological polar surface area (TPSA) is 115 Å². The number of allylic oxidation sites excluding steroid dienone is 1. The first kappa shape index (κ1) is 28.7. The zero-order valence-corrected chi connectivity index (χ0v) is 23.1. The van der Waals surface area contributed by atoms with E-state index in [-0.39, 0.29) is 12.6 Å². The van der Waals surface area contributed by atoms with E-state index in [2.05, 4.69) is 60.4 Å². The van der Waals surface area contributed by atoms with Gasteiger partial charge in [0.1, 0.15) is 17.5 Å². The number of piperidine rings is 1. The Balaban J connectivity index is 1.74. The molecular weight excluding hydrogens is 464 g/mol. The standard InChI is InChI=1S/C28H46N8O/c1-5-23(17-29)28-33-25(16-27(34-28)36(7-3)24(6-2)12-15-37)31-18-22-8-9-26(32-19-22)35(4)20-21-10-13-30-14-11-21/h8-9,16-17,19,21,24,30,37H,5-7,10-15,18,20,29H2,1-4H3,(H,31,33,34)/b23-17-. The minimum Gasteiger partial charge on any atom is -0.404 e. The molecular formula is C28H46N8O. The van der Waals surface area contributed by atoms with E-state index in [4.69, 9.17) is 20.7 Å². The molecule has 0 spiro atoms. The Morgan fingerprint density at radius 3 is 2.59 bits per heavy atom. The summed E-state index contributed by atoms with van der Waals surface area (Å²) in [7, 11) is 2.13. The second-order valence-corrected chi connectivity index (χ2v) is 9.79. The molecule has 3 rings (SSSR count). The average Bonchev–Trinajstić information content (AvgIpc) is 2.93. The van der Waals surface area contributed by atoms with Crippen molar-refractivity contribution in [3.8, 4) is 0 Å². The molecule has 9 heteroatoms. The summed E-state index contributed by atoms with van der Waals surface area (Å²) in [4.78, 5) is 18.8. The van der Waals surface area contributed by atoms with Gasteiger partial charge in [-0.2, -0.15) is 0 Å². The van der Waals surface area contributed by atoms with Gasteiger partial charge in [-0.3, -0.25) is 0 Å². The molecule has 1 fully saturated rings. The minimum absolute atomic E-state index is 0.150. The van der Waals surface area contributed by atoms with Crippen LogP contribution in [-0.4, -0.2) is 65.9 Å². The second-order valence-electron chi connectivity index (χ2n) is 9.79. The highest BCUT2D eigenvalue weighted by molar-refractivity contribution is 5.63. The molecule has 0 bridgehead atoms. The molecule has 5 N–H and O–H groups in total. The molecule has 0 radical (unpaired) electrons. The van der Waals surface area contributed by atoms with Gasteiger partial charge in [-0.1, -0.05) is 19.9 Å². The third-order valence-corrected chi connectivity index (χ3v) is 7.26. The fourth-order valence-corrected chi connectivity index (χ4v) is 4.99. The fraction of sp³-hybridized carbons (Fsp3) is 0.607. The van der Waals surface area contributed by atoms with E-state index in [1.54, 1.807) is 6.20 Å². The number of pyridine rings is 1. The maximum absolute atomic E-state index is 9.57. The van der Waals surface area contributed by atoms with Crippen LogP contribution in [0.2, 0.25) is 0 Å². The molecule has 0 aromatic carbocycles. The lowest BCUT2D eigenvalue weighted by Gasteiger charge is -2.31. The molecule has 2 aromatic heterocycles. The van der Waals surface area contributed by atoms with Gasteiger partial charge < -0.3 is 31.3 Å². The Morgan fingerprint density at radius 1 is 1.22 bits per heavy atom. The van der Waals surface area contributed by atoms with Gasteiger partial charge in [-0.25, -0.2) is 15.0 Å². The van der Waals surface area contributed by atoms with Crippen molar-refractivity contribution < 1.29 is 5.11 Å². The van der Waals surface area contributed by atoms with Gasteiger partial charge >= 0.3 is 0 Å². The average molecular weight is 511 g/mol. The van der Waals surface area contributed by atoms with E-state index in [1.165, 1.54) is 12.8 Å². The van der Waals surface area contributed by atoms with Crippen LogP contribution in [0.25, 0.3) is 5.57 Å². The quantitative estimate of drug-likeness (QED) is 0.302. The van der Waals surface area contributed by atoms with Crippen LogP contribution >= 0.6 is 0 Å². The van der Waals surface area contributed by atoms with Gasteiger partial charge in [-0.15, -0.1) is 0 Å². The molecule has 0 aliphatic carbocycles. The molecule has 1 aliphatic heterocycles. The molecule has 9 nitrogen and oxygen atoms in total. The van der Waals surface area contributed by atoms with E-state index < -0.39 is 0 Å². The summed E-state index contributed by atoms with van der Waals surface area (Å²) in [5.41, 5.74) is 7.89. The first-order valence-electron chi connectivity index (χ1n) is 13.8. The number of nitrogens with zero attached hydrogens (tertiary/aromatic N) is 5. The van der Waals surface area contributed by atoms with Crippen molar-refractivity contribution in [2.75, 3.05) is 55.0 Å². The Labute approximate surface area is 222 Å². The van der Waals surface area contributed by atoms with Gasteiger partial charge in [0.15, 0.2) is 5.82 Å². The molecule has 0 amide bonds. The van der Waals surface area contributed by atoms with E-state index in [0.29, 0.717) is 18.8 Å². The number of anilines is 3. The molecule has 1 aliphatic rings. The number of rotatable bonds is 14. The highest BCUT2D eigenvalue weighted by Crippen LogP contribution is 2.25. The molecule has 37 heavy (non-hydrogen) atoms. The number of hydrogen-bond acceptors (Lipinski definition) is 9. The predicted octanol–water partition coefficient (Wildman–Crippen LogP) is 3.62. The Morgan fingerprint density at radius 2 is 2.00 bits per heavy atom. The van der Waals surface area contributed by atoms with Crippen molar-refractivity contribution in [2.45, 2.75) is 65.5 Å². The van der Waals surface area contributed by atoms with E-state index in [9.17, 15) is 5.11 Å². The van der Waals surface area contributed by atoms with Crippen LogP contribution in [-0.2, 0) is 6.54 Å². The highest BCUT2D eigenvalue weighted by Gasteiger charge is 2.20. The number of aliphatic hydroxyl groups excluding tert-OH is 1. The monoisotopic (exact) mass is 510 g/mol. The van der Waals surface area contributed by atoms with Gasteiger partial charge in [-0.05, 0) is 69.7 Å². The van der Waals surface area contributed by atoms with Gasteiger partial charge in [0.05, 0.1) is 0 Å². The maximum atomic E-state index is 9.57. The van der Waals surface area contributed by atoms with Gasteiger partial charge in [0.25, 0.3) is 0 Å². The van der Waals surface area contributed by atoms with Crippen LogP contribution < -0.4 is 26.2 Å². The first-order valence-corrected chi connectivity index (χ1v) is 13.8. The Kier molecular flexibility index (Phi) is 11.4. The van der Waals surface area contributed by atoms with Crippen molar-refractivity contribution in [3.63, 3.8) is 0 Å². The first-order chi connectivity index (χ1) is 18.0. The van der Waals surface area contributed by atoms with Crippen molar-refractivity contribution in [1.82, 2.24) is 20.3 Å². The second kappa shape index (κ2) is 14.7. The number of aliphatic hydroxyl groups is 1. The number of nitrogens with one attached hydrogen (secondary N) is 2. The third-order valence-electron chi connectivity index (χ3n) is 7.26. The van der Waals surface area contributed by atoms with Crippen molar-refractivity contribution >= 4 is 23.0 Å². The van der Waals surface area contributed by atoms with Crippen LogP contribution in [0.4, 0.5) is 17.5 Å². The van der Waals surface area contributed by atoms with E-state index >= 15 is 0 Å². The van der Waals surface area contributed by atoms with Crippen molar-refractivity contribution in [2.24, 2.45) is 11.7 Å². The summed E-state index contributed by atoms with van der Waals surface area (Å²) < 4.78 is 0. The summed E-state index contributed by atoms with van der Waals surface area (Å²) >= 11 is 0. The van der Waals surface area contributed by atoms with Gasteiger partial charge in [0.2, 0.25) is 0 Å². The lowest BCUT2D eigenvalue weighted by Crippen LogP contribution is -2.36. The normalized spacial score (nSPS) is 15.4. The Bertz CT molecular complexity index is 975. The smallest absolute Gasteiger partial charge is 0.161 e. The Hall–Kier alpha value is -2.91. The molecule has 204 valence electrons. The van der Waals surface area contributed by atoms with Crippen LogP contribution in [0.1, 0.15) is 64.3 Å². The molecule has 1 atom stereocenters. The van der Waals surface area contributed by atoms with Crippen LogP contribution in [0.5, 0.6) is 0 Å². The third kappa shape index (κ3) is 8.04. The van der Waals surface area contributed by atoms with Crippen molar-refractivity contribution in [3.05, 3.63) is 42.0 Å². The number of aromatic nitrogens is 3. The summed E-state index contributed by atoms with van der Waals surface area (Å²) in [5, 5.41) is 16.5. The fourth-order valence-electron chi connectivity index (χ4n) is 4.99. The molecule has 0 saturated carbocycles. The molecule has 1 unspecified atom stereocenters. The zero-order valence-electron chi connectivity index (χ0n) is 23.1. The largest absolute Gasteiger partial charge is 0.404 e. The number of hydrogen-bond donors (Lipinski definition) is 4. The molecule has 1 saturated heterocycles. The van der Waals surface area contributed by atoms with Crippen LogP contribution in [0.15, 0.2) is 30.6 Å². The lowest BCUT2D eigenvalue weighted by atomic mass is 9.98. The van der Waals surface area contributed by atoms with Gasteiger partial charge in [0, 0.05) is 63.4 Å².